The maximum absolute atomic E-state index is 12.0. The minimum atomic E-state index is -0.308. The van der Waals surface area contributed by atoms with E-state index in [1.807, 2.05) is 31.2 Å². The Labute approximate surface area is 144 Å². The number of benzene rings is 1. The lowest BCUT2D eigenvalue weighted by Gasteiger charge is -2.08. The Morgan fingerprint density at radius 2 is 2.00 bits per heavy atom. The highest BCUT2D eigenvalue weighted by Crippen LogP contribution is 2.15. The average molecular weight is 337 g/mol. The van der Waals surface area contributed by atoms with Crippen molar-refractivity contribution >= 4 is 5.91 Å². The molecule has 0 spiro atoms. The van der Waals surface area contributed by atoms with Crippen LogP contribution in [0.4, 0.5) is 0 Å². The Balaban J connectivity index is 1.65. The Kier molecular flexibility index (Phi) is 5.03. The maximum Gasteiger partial charge on any atom is 0.267 e. The third-order valence-corrected chi connectivity index (χ3v) is 3.75. The highest BCUT2D eigenvalue weighted by atomic mass is 16.2. The summed E-state index contributed by atoms with van der Waals surface area (Å²) >= 11 is 0. The van der Waals surface area contributed by atoms with E-state index in [9.17, 15) is 9.59 Å². The number of nitrogens with zero attached hydrogens (tertiary/aromatic N) is 3. The summed E-state index contributed by atoms with van der Waals surface area (Å²) in [5.74, 6) is 0.541. The van der Waals surface area contributed by atoms with Gasteiger partial charge in [0.25, 0.3) is 5.56 Å². The predicted molar refractivity (Wildman–Crippen MR) is 94.0 cm³/mol. The lowest BCUT2D eigenvalue weighted by Crippen LogP contribution is -2.34. The van der Waals surface area contributed by atoms with E-state index < -0.39 is 0 Å². The highest BCUT2D eigenvalue weighted by Gasteiger charge is 2.08. The zero-order chi connectivity index (χ0) is 17.6. The molecule has 2 heterocycles. The second-order valence-electron chi connectivity index (χ2n) is 5.72. The fraction of sp³-hybridized carbons (Fsp3) is 0.222. The van der Waals surface area contributed by atoms with Crippen LogP contribution in [0, 0.1) is 6.92 Å². The summed E-state index contributed by atoms with van der Waals surface area (Å²) in [4.78, 5) is 31.1. The van der Waals surface area contributed by atoms with Gasteiger partial charge in [0, 0.05) is 37.0 Å². The quantitative estimate of drug-likeness (QED) is 0.709. The second kappa shape index (κ2) is 7.57. The summed E-state index contributed by atoms with van der Waals surface area (Å²) in [5, 5.41) is 7.06. The fourth-order valence-corrected chi connectivity index (χ4v) is 2.39. The molecule has 0 radical (unpaired) electrons. The molecule has 3 aromatic rings. The van der Waals surface area contributed by atoms with Gasteiger partial charge in [0.15, 0.2) is 0 Å². The highest BCUT2D eigenvalue weighted by molar-refractivity contribution is 5.75. The van der Waals surface area contributed by atoms with E-state index in [1.165, 1.54) is 10.7 Å². The summed E-state index contributed by atoms with van der Waals surface area (Å²) in [7, 11) is 0. The van der Waals surface area contributed by atoms with E-state index >= 15 is 0 Å². The van der Waals surface area contributed by atoms with Crippen molar-refractivity contribution in [3.8, 4) is 11.3 Å². The van der Waals surface area contributed by atoms with E-state index in [4.69, 9.17) is 0 Å². The first-order valence-corrected chi connectivity index (χ1v) is 8.02. The summed E-state index contributed by atoms with van der Waals surface area (Å²) in [6, 6.07) is 10.9. The van der Waals surface area contributed by atoms with Crippen molar-refractivity contribution in [1.82, 2.24) is 25.1 Å². The molecule has 3 rings (SSSR count). The molecule has 2 aromatic heterocycles. The number of aryl methyl sites for hydroxylation is 1. The number of aromatic nitrogens is 4. The number of nitrogens with one attached hydrogen (secondary N) is 2. The number of hydrogen-bond donors (Lipinski definition) is 2. The third-order valence-electron chi connectivity index (χ3n) is 3.75. The lowest BCUT2D eigenvalue weighted by molar-refractivity contribution is -0.121. The number of imidazole rings is 1. The van der Waals surface area contributed by atoms with E-state index in [1.54, 1.807) is 18.5 Å². The van der Waals surface area contributed by atoms with Gasteiger partial charge in [-0.1, -0.05) is 29.8 Å². The van der Waals surface area contributed by atoms with Crippen LogP contribution in [0.2, 0.25) is 0 Å². The minimum absolute atomic E-state index is 0.114. The number of rotatable bonds is 6. The summed E-state index contributed by atoms with van der Waals surface area (Å²) in [5.41, 5.74) is 2.39. The van der Waals surface area contributed by atoms with Crippen molar-refractivity contribution in [2.45, 2.75) is 19.9 Å². The Morgan fingerprint density at radius 1 is 1.20 bits per heavy atom. The summed E-state index contributed by atoms with van der Waals surface area (Å²) < 4.78 is 1.18. The molecular formula is C18H19N5O2. The zero-order valence-corrected chi connectivity index (χ0v) is 13.9. The van der Waals surface area contributed by atoms with E-state index in [2.05, 4.69) is 20.4 Å². The predicted octanol–water partition coefficient (Wildman–Crippen LogP) is 1.30. The van der Waals surface area contributed by atoms with Gasteiger partial charge in [0.1, 0.15) is 12.4 Å². The molecule has 0 unspecified atom stereocenters. The van der Waals surface area contributed by atoms with Crippen molar-refractivity contribution in [1.29, 1.82) is 0 Å². The molecule has 0 atom stereocenters. The molecule has 0 aliphatic carbocycles. The van der Waals surface area contributed by atoms with Gasteiger partial charge in [-0.05, 0) is 13.0 Å². The van der Waals surface area contributed by atoms with Crippen LogP contribution in [0.3, 0.4) is 0 Å². The van der Waals surface area contributed by atoms with Gasteiger partial charge in [0.2, 0.25) is 5.91 Å². The van der Waals surface area contributed by atoms with Crippen molar-refractivity contribution in [2.75, 3.05) is 6.54 Å². The molecule has 1 aromatic carbocycles. The first-order chi connectivity index (χ1) is 12.1. The Morgan fingerprint density at radius 3 is 2.72 bits per heavy atom. The standard InChI is InChI=1S/C18H19N5O2/c1-13-2-4-14(5-3-13)15-6-7-18(25)23(22-15)12-17(24)21-9-8-16-19-10-11-20-16/h2-7,10-11H,8-9,12H2,1H3,(H,19,20)(H,21,24). The van der Waals surface area contributed by atoms with Crippen LogP contribution in [0.15, 0.2) is 53.6 Å². The largest absolute Gasteiger partial charge is 0.354 e. The molecule has 0 aliphatic rings. The van der Waals surface area contributed by atoms with Crippen LogP contribution >= 0.6 is 0 Å². The first kappa shape index (κ1) is 16.6. The molecule has 0 fully saturated rings. The van der Waals surface area contributed by atoms with Gasteiger partial charge in [-0.25, -0.2) is 9.67 Å². The average Bonchev–Trinajstić information content (AvgIpc) is 3.11. The molecule has 128 valence electrons. The molecule has 25 heavy (non-hydrogen) atoms. The van der Waals surface area contributed by atoms with E-state index in [0.717, 1.165) is 17.0 Å². The van der Waals surface area contributed by atoms with Crippen LogP contribution in [0.25, 0.3) is 11.3 Å². The summed E-state index contributed by atoms with van der Waals surface area (Å²) in [6.45, 7) is 2.33. The van der Waals surface area contributed by atoms with Crippen LogP contribution in [-0.2, 0) is 17.8 Å². The van der Waals surface area contributed by atoms with Gasteiger partial charge in [-0.2, -0.15) is 5.10 Å². The van der Waals surface area contributed by atoms with Gasteiger partial charge < -0.3 is 10.3 Å². The fourth-order valence-electron chi connectivity index (χ4n) is 2.39. The smallest absolute Gasteiger partial charge is 0.267 e. The number of carbonyl (C=O) groups is 1. The van der Waals surface area contributed by atoms with Crippen molar-refractivity contribution < 1.29 is 4.79 Å². The van der Waals surface area contributed by atoms with Crippen LogP contribution in [0.5, 0.6) is 0 Å². The first-order valence-electron chi connectivity index (χ1n) is 8.02. The summed E-state index contributed by atoms with van der Waals surface area (Å²) in [6.07, 6.45) is 4.00. The molecule has 0 aliphatic heterocycles. The van der Waals surface area contributed by atoms with Crippen molar-refractivity contribution in [2.24, 2.45) is 0 Å². The van der Waals surface area contributed by atoms with Crippen molar-refractivity contribution in [3.05, 3.63) is 70.5 Å². The van der Waals surface area contributed by atoms with Crippen molar-refractivity contribution in [3.63, 3.8) is 0 Å². The number of amides is 1. The van der Waals surface area contributed by atoms with Gasteiger partial charge in [0.05, 0.1) is 5.69 Å². The molecule has 1 amide bonds. The second-order valence-corrected chi connectivity index (χ2v) is 5.72. The van der Waals surface area contributed by atoms with E-state index in [-0.39, 0.29) is 18.0 Å². The molecule has 0 saturated carbocycles. The number of carbonyl (C=O) groups excluding carboxylic acids is 1. The molecule has 0 bridgehead atoms. The Hall–Kier alpha value is -3.22. The SMILES string of the molecule is Cc1ccc(-c2ccc(=O)n(CC(=O)NCCc3ncc[nH]3)n2)cc1. The number of H-pyrrole nitrogens is 1. The monoisotopic (exact) mass is 337 g/mol. The van der Waals surface area contributed by atoms with Crippen LogP contribution in [0.1, 0.15) is 11.4 Å². The van der Waals surface area contributed by atoms with Crippen LogP contribution in [-0.4, -0.2) is 32.2 Å². The van der Waals surface area contributed by atoms with Crippen LogP contribution < -0.4 is 10.9 Å². The maximum atomic E-state index is 12.0. The number of hydrogen-bond acceptors (Lipinski definition) is 4. The van der Waals surface area contributed by atoms with Gasteiger partial charge in [-0.3, -0.25) is 9.59 Å². The molecule has 7 heteroatoms. The van der Waals surface area contributed by atoms with Gasteiger partial charge in [-0.15, -0.1) is 0 Å². The Bertz CT molecular complexity index is 898. The van der Waals surface area contributed by atoms with E-state index in [0.29, 0.717) is 18.7 Å². The van der Waals surface area contributed by atoms with Gasteiger partial charge >= 0.3 is 0 Å². The zero-order valence-electron chi connectivity index (χ0n) is 13.9. The molecule has 2 N–H and O–H groups in total. The number of aromatic amines is 1. The normalized spacial score (nSPS) is 10.6. The molecule has 7 nitrogen and oxygen atoms in total. The molecular weight excluding hydrogens is 318 g/mol. The topological polar surface area (TPSA) is 92.7 Å². The minimum Gasteiger partial charge on any atom is -0.354 e. The molecule has 0 saturated heterocycles. The lowest BCUT2D eigenvalue weighted by atomic mass is 10.1. The third kappa shape index (κ3) is 4.41.